The van der Waals surface area contributed by atoms with Crippen molar-refractivity contribution in [3.05, 3.63) is 153 Å². The Labute approximate surface area is 429 Å². The van der Waals surface area contributed by atoms with Crippen molar-refractivity contribution in [1.82, 2.24) is 4.90 Å². The lowest BCUT2D eigenvalue weighted by atomic mass is 9.80. The Hall–Kier alpha value is -6.63. The van der Waals surface area contributed by atoms with Gasteiger partial charge in [0.05, 0.1) is 34.6 Å². The van der Waals surface area contributed by atoms with Crippen LogP contribution in [-0.2, 0) is 36.8 Å². The average molecular weight is 1010 g/mol. The molecular formula is C57H59F3N6O4S2. The highest BCUT2D eigenvalue weighted by Crippen LogP contribution is 2.52. The van der Waals surface area contributed by atoms with Crippen LogP contribution in [0.2, 0.25) is 0 Å². The molecule has 4 aliphatic heterocycles. The quantitative estimate of drug-likeness (QED) is 0.0580. The number of alkyl halides is 3. The fraction of sp³-hybridized carbons (Fsp3) is 0.351. The number of hydrogen-bond donors (Lipinski definition) is 2. The first-order valence-corrected chi connectivity index (χ1v) is 25.2. The van der Waals surface area contributed by atoms with Crippen LogP contribution < -0.4 is 20.0 Å². The molecule has 0 bridgehead atoms. The van der Waals surface area contributed by atoms with E-state index in [9.17, 15) is 37.9 Å². The summed E-state index contributed by atoms with van der Waals surface area (Å²) in [7, 11) is 1.99. The fourth-order valence-corrected chi connectivity index (χ4v) is 11.9. The maximum atomic E-state index is 13.8. The Morgan fingerprint density at radius 1 is 0.875 bits per heavy atom. The molecule has 72 heavy (non-hydrogen) atoms. The van der Waals surface area contributed by atoms with Crippen molar-refractivity contribution < 1.29 is 32.7 Å². The molecule has 4 aromatic rings. The first kappa shape index (κ1) is 51.7. The molecule has 15 heteroatoms. The zero-order valence-electron chi connectivity index (χ0n) is 41.9. The number of nitrogens with one attached hydrogen (secondary N) is 1. The number of carboxylic acid groups (broad SMARTS) is 1. The minimum absolute atomic E-state index is 0.0508. The van der Waals surface area contributed by atoms with Gasteiger partial charge in [0, 0.05) is 70.5 Å². The number of hydrogen-bond acceptors (Lipinski definition) is 9. The van der Waals surface area contributed by atoms with E-state index in [1.54, 1.807) is 18.2 Å². The summed E-state index contributed by atoms with van der Waals surface area (Å²) in [5.74, 6) is -1.42. The largest absolute Gasteiger partial charge is 0.481 e. The third-order valence-electron chi connectivity index (χ3n) is 14.5. The van der Waals surface area contributed by atoms with Gasteiger partial charge in [-0.2, -0.15) is 18.4 Å². The molecule has 1 unspecified atom stereocenters. The molecule has 0 aromatic heterocycles. The minimum atomic E-state index is -4.49. The van der Waals surface area contributed by atoms with Gasteiger partial charge in [0.1, 0.15) is 10.9 Å². The van der Waals surface area contributed by atoms with E-state index in [1.807, 2.05) is 80.4 Å². The van der Waals surface area contributed by atoms with Gasteiger partial charge in [-0.25, -0.2) is 0 Å². The first-order chi connectivity index (χ1) is 33.9. The number of nitrogens with zero attached hydrogens (tertiary/aromatic N) is 5. The van der Waals surface area contributed by atoms with E-state index >= 15 is 0 Å². The van der Waals surface area contributed by atoms with Gasteiger partial charge >= 0.3 is 12.1 Å². The van der Waals surface area contributed by atoms with Gasteiger partial charge in [0.2, 0.25) is 5.91 Å². The molecule has 2 N–H and O–H groups in total. The normalized spacial score (nSPS) is 20.7. The SMILES string of the molecule is CC(C)CCN1/C(=C\C=C2\SC(=S)N(CC(=O)Nc3ccc4c(c3)C(C)(C)C(/C=C/C(C#N)=C/C=C3/N(CCC(=O)O)c5ccc6ccccc6c5C3(C)C)N4C)C2=O)C(C)(C)c2cc(C(F)(F)F)ccc21. The lowest BCUT2D eigenvalue weighted by Gasteiger charge is -2.29. The number of fused-ring (bicyclic) bond motifs is 5. The Morgan fingerprint density at radius 2 is 1.56 bits per heavy atom. The number of likely N-dealkylation sites (N-methyl/N-ethyl adjacent to an activating group) is 1. The van der Waals surface area contributed by atoms with Gasteiger partial charge < -0.3 is 25.1 Å². The van der Waals surface area contributed by atoms with Crippen LogP contribution in [0.3, 0.4) is 0 Å². The average Bonchev–Trinajstić information content (AvgIpc) is 3.87. The molecular weight excluding hydrogens is 954 g/mol. The number of anilines is 4. The van der Waals surface area contributed by atoms with E-state index in [-0.39, 0.29) is 29.9 Å². The molecule has 1 atom stereocenters. The second-order valence-corrected chi connectivity index (χ2v) is 22.5. The predicted octanol–water partition coefficient (Wildman–Crippen LogP) is 12.5. The van der Waals surface area contributed by atoms with E-state index in [0.29, 0.717) is 39.9 Å². The number of aliphatic carboxylic acids is 1. The zero-order valence-corrected chi connectivity index (χ0v) is 43.6. The molecule has 0 aliphatic carbocycles. The van der Waals surface area contributed by atoms with E-state index in [4.69, 9.17) is 12.2 Å². The number of halogens is 3. The van der Waals surface area contributed by atoms with Crippen LogP contribution in [0, 0.1) is 17.2 Å². The number of rotatable bonds is 13. The van der Waals surface area contributed by atoms with Crippen LogP contribution >= 0.6 is 24.0 Å². The van der Waals surface area contributed by atoms with E-state index < -0.39 is 45.8 Å². The van der Waals surface area contributed by atoms with Crippen LogP contribution in [-0.4, -0.2) is 64.8 Å². The number of benzene rings is 4. The lowest BCUT2D eigenvalue weighted by Crippen LogP contribution is -2.37. The van der Waals surface area contributed by atoms with Gasteiger partial charge in [-0.1, -0.05) is 116 Å². The minimum Gasteiger partial charge on any atom is -0.481 e. The van der Waals surface area contributed by atoms with Crippen LogP contribution in [0.5, 0.6) is 0 Å². The molecule has 4 heterocycles. The number of thiocarbonyl (C=S) groups is 1. The topological polar surface area (TPSA) is 120 Å². The first-order valence-electron chi connectivity index (χ1n) is 24.0. The summed E-state index contributed by atoms with van der Waals surface area (Å²) in [5, 5.41) is 25.2. The number of carbonyl (C=O) groups excluding carboxylic acids is 2. The summed E-state index contributed by atoms with van der Waals surface area (Å²) in [6.45, 7) is 16.9. The lowest BCUT2D eigenvalue weighted by molar-refractivity contribution is -0.138. The molecule has 0 radical (unpaired) electrons. The summed E-state index contributed by atoms with van der Waals surface area (Å²) in [6, 6.07) is 24.0. The smallest absolute Gasteiger partial charge is 0.416 e. The molecule has 374 valence electrons. The number of carbonyl (C=O) groups is 3. The maximum absolute atomic E-state index is 13.8. The summed E-state index contributed by atoms with van der Waals surface area (Å²) < 4.78 is 41.7. The predicted molar refractivity (Wildman–Crippen MR) is 287 cm³/mol. The number of allylic oxidation sites excluding steroid dienone is 8. The molecule has 0 saturated carbocycles. The number of thioether (sulfide) groups is 1. The van der Waals surface area contributed by atoms with Gasteiger partial charge in [-0.05, 0) is 113 Å². The highest BCUT2D eigenvalue weighted by Gasteiger charge is 2.45. The highest BCUT2D eigenvalue weighted by atomic mass is 32.2. The Balaban J connectivity index is 0.967. The van der Waals surface area contributed by atoms with Crippen molar-refractivity contribution in [3.8, 4) is 6.07 Å². The van der Waals surface area contributed by atoms with Crippen molar-refractivity contribution in [2.75, 3.05) is 46.7 Å². The Morgan fingerprint density at radius 3 is 2.25 bits per heavy atom. The van der Waals surface area contributed by atoms with E-state index in [2.05, 4.69) is 80.9 Å². The summed E-state index contributed by atoms with van der Waals surface area (Å²) in [4.78, 5) is 47.0. The second kappa shape index (κ2) is 19.4. The zero-order chi connectivity index (χ0) is 52.2. The summed E-state index contributed by atoms with van der Waals surface area (Å²) >= 11 is 6.67. The number of nitriles is 1. The maximum Gasteiger partial charge on any atom is 0.416 e. The molecule has 0 spiro atoms. The molecule has 10 nitrogen and oxygen atoms in total. The van der Waals surface area contributed by atoms with Crippen LogP contribution in [0.25, 0.3) is 10.8 Å². The van der Waals surface area contributed by atoms with Crippen molar-refractivity contribution in [1.29, 1.82) is 5.26 Å². The molecule has 8 rings (SSSR count). The van der Waals surface area contributed by atoms with Gasteiger partial charge in [0.25, 0.3) is 5.91 Å². The van der Waals surface area contributed by atoms with Crippen LogP contribution in [0.15, 0.2) is 131 Å². The van der Waals surface area contributed by atoms with Gasteiger partial charge in [-0.3, -0.25) is 19.3 Å². The third kappa shape index (κ3) is 9.58. The van der Waals surface area contributed by atoms with Crippen molar-refractivity contribution in [2.24, 2.45) is 5.92 Å². The number of amides is 2. The standard InChI is InChI=1S/C57H59F3N6O4S2/c1-34(2)26-28-64-43-20-17-37(57(58,59)60)30-40(43)55(5,6)47(64)25-22-45-52(70)66(53(71)72-45)33-49(67)62-38-18-21-42-41(31-38)54(3,4)46(63(42)9)23-14-35(32-61)15-24-48-56(7,8)51-39-13-11-10-12-36(39)16-19-44(51)65(48)29-27-50(68)69/h10-25,30-31,34,46H,26-29,33H2,1-9H3,(H,62,67)(H,68,69)/b23-14+,35-15-,45-22+,47-25-,48-24+. The van der Waals surface area contributed by atoms with E-state index in [1.165, 1.54) is 17.0 Å². The van der Waals surface area contributed by atoms with E-state index in [0.717, 1.165) is 68.9 Å². The van der Waals surface area contributed by atoms with Crippen LogP contribution in [0.1, 0.15) is 90.5 Å². The molecule has 4 aromatic carbocycles. The monoisotopic (exact) mass is 1010 g/mol. The summed E-state index contributed by atoms with van der Waals surface area (Å²) in [5.41, 5.74) is 5.42. The molecule has 2 amide bonds. The van der Waals surface area contributed by atoms with Crippen LogP contribution in [0.4, 0.5) is 35.9 Å². The van der Waals surface area contributed by atoms with Gasteiger partial charge in [-0.15, -0.1) is 0 Å². The molecule has 1 fully saturated rings. The number of carboxylic acids is 1. The Bertz CT molecular complexity index is 3120. The fourth-order valence-electron chi connectivity index (χ4n) is 10.7. The van der Waals surface area contributed by atoms with Crippen molar-refractivity contribution in [2.45, 2.75) is 96.7 Å². The van der Waals surface area contributed by atoms with Crippen molar-refractivity contribution in [3.63, 3.8) is 0 Å². The third-order valence-corrected chi connectivity index (χ3v) is 15.9. The molecule has 1 saturated heterocycles. The highest BCUT2D eigenvalue weighted by molar-refractivity contribution is 8.26. The second-order valence-electron chi connectivity index (χ2n) is 20.8. The Kier molecular flexibility index (Phi) is 13.9. The van der Waals surface area contributed by atoms with Gasteiger partial charge in [0.15, 0.2) is 0 Å². The summed E-state index contributed by atoms with van der Waals surface area (Å²) in [6.07, 6.45) is 7.25. The van der Waals surface area contributed by atoms with Crippen molar-refractivity contribution >= 4 is 79.6 Å². The molecule has 4 aliphatic rings.